The molecule has 2 aromatic rings. The zero-order chi connectivity index (χ0) is 16.9. The van der Waals surface area contributed by atoms with Crippen molar-refractivity contribution in [3.63, 3.8) is 0 Å². The van der Waals surface area contributed by atoms with E-state index in [1.807, 2.05) is 59.9 Å². The van der Waals surface area contributed by atoms with Crippen molar-refractivity contribution in [3.05, 3.63) is 70.2 Å². The number of thioether (sulfide) groups is 2. The summed E-state index contributed by atoms with van der Waals surface area (Å²) in [6.45, 7) is 2.07. The van der Waals surface area contributed by atoms with Gasteiger partial charge >= 0.3 is 0 Å². The maximum atomic E-state index is 12.5. The van der Waals surface area contributed by atoms with Gasteiger partial charge in [-0.1, -0.05) is 42.8 Å². The van der Waals surface area contributed by atoms with Gasteiger partial charge in [0.25, 0.3) is 5.91 Å². The fraction of sp³-hybridized carbons (Fsp3) is 0.316. The van der Waals surface area contributed by atoms with Crippen molar-refractivity contribution in [2.75, 3.05) is 11.5 Å². The fourth-order valence-corrected chi connectivity index (χ4v) is 5.69. The first-order chi connectivity index (χ1) is 11.7. The minimum atomic E-state index is -0.0323. The van der Waals surface area contributed by atoms with Crippen molar-refractivity contribution in [2.24, 2.45) is 0 Å². The summed E-state index contributed by atoms with van der Waals surface area (Å²) in [5, 5.41) is 3.82. The molecule has 1 fully saturated rings. The van der Waals surface area contributed by atoms with E-state index in [1.54, 1.807) is 0 Å². The molecule has 1 N–H and O–H groups in total. The zero-order valence-electron chi connectivity index (χ0n) is 13.5. The van der Waals surface area contributed by atoms with Gasteiger partial charge < -0.3 is 5.32 Å². The fourth-order valence-electron chi connectivity index (χ4n) is 2.70. The van der Waals surface area contributed by atoms with Crippen molar-refractivity contribution in [1.82, 2.24) is 5.32 Å². The second kappa shape index (κ2) is 8.32. The zero-order valence-corrected chi connectivity index (χ0v) is 15.9. The van der Waals surface area contributed by atoms with Crippen LogP contribution >= 0.6 is 35.1 Å². The van der Waals surface area contributed by atoms with Crippen molar-refractivity contribution in [1.29, 1.82) is 0 Å². The van der Waals surface area contributed by atoms with Gasteiger partial charge in [0.15, 0.2) is 0 Å². The lowest BCUT2D eigenvalue weighted by atomic mass is 10.0. The largest absolute Gasteiger partial charge is 0.345 e. The van der Waals surface area contributed by atoms with Gasteiger partial charge in [-0.3, -0.25) is 4.79 Å². The Morgan fingerprint density at radius 1 is 1.12 bits per heavy atom. The van der Waals surface area contributed by atoms with E-state index in [-0.39, 0.29) is 11.9 Å². The molecule has 1 atom stereocenters. The van der Waals surface area contributed by atoms with Crippen molar-refractivity contribution < 1.29 is 4.79 Å². The molecule has 0 bridgehead atoms. The molecule has 0 saturated carbocycles. The average Bonchev–Trinajstić information content (AvgIpc) is 3.15. The smallest absolute Gasteiger partial charge is 0.251 e. The Hall–Kier alpha value is -1.10. The van der Waals surface area contributed by atoms with Gasteiger partial charge in [-0.2, -0.15) is 0 Å². The van der Waals surface area contributed by atoms with Gasteiger partial charge in [-0.15, -0.1) is 23.5 Å². The molecule has 1 unspecified atom stereocenters. The van der Waals surface area contributed by atoms with E-state index in [2.05, 4.69) is 24.4 Å². The monoisotopic (exact) mass is 377 g/mol. The number of amides is 1. The molecule has 3 rings (SSSR count). The van der Waals surface area contributed by atoms with E-state index in [0.29, 0.717) is 15.2 Å². The second-order valence-corrected chi connectivity index (χ2v) is 8.84. The standard InChI is InChI=1S/C19H20ClNOS2/c1-2-17(13-7-9-16(20)10-8-13)21-18(22)14-3-5-15(6-4-14)19-23-11-12-24-19/h3-10,17,19H,2,11-12H2,1H3,(H,21,22). The Kier molecular flexibility index (Phi) is 6.14. The maximum absolute atomic E-state index is 12.5. The number of benzene rings is 2. The van der Waals surface area contributed by atoms with Crippen LogP contribution in [-0.2, 0) is 0 Å². The minimum absolute atomic E-state index is 0.00427. The number of halogens is 1. The topological polar surface area (TPSA) is 29.1 Å². The van der Waals surface area contributed by atoms with Gasteiger partial charge in [0.1, 0.15) is 0 Å². The Bertz CT molecular complexity index is 682. The molecule has 0 aliphatic carbocycles. The highest BCUT2D eigenvalue weighted by Gasteiger charge is 2.19. The second-order valence-electron chi connectivity index (χ2n) is 5.68. The van der Waals surface area contributed by atoms with Crippen molar-refractivity contribution >= 4 is 41.0 Å². The summed E-state index contributed by atoms with van der Waals surface area (Å²) in [5.41, 5.74) is 3.08. The molecule has 1 saturated heterocycles. The highest BCUT2D eigenvalue weighted by molar-refractivity contribution is 8.19. The molecular formula is C19H20ClNOS2. The van der Waals surface area contributed by atoms with Gasteiger partial charge in [0, 0.05) is 22.1 Å². The molecule has 0 radical (unpaired) electrons. The third-order valence-corrected chi connectivity index (χ3v) is 7.41. The maximum Gasteiger partial charge on any atom is 0.251 e. The van der Waals surface area contributed by atoms with Crippen LogP contribution in [0.25, 0.3) is 0 Å². The highest BCUT2D eigenvalue weighted by Crippen LogP contribution is 2.45. The number of rotatable bonds is 5. The summed E-state index contributed by atoms with van der Waals surface area (Å²) in [6, 6.07) is 15.7. The molecule has 2 aromatic carbocycles. The molecule has 2 nitrogen and oxygen atoms in total. The van der Waals surface area contributed by atoms with Crippen LogP contribution < -0.4 is 5.32 Å². The summed E-state index contributed by atoms with van der Waals surface area (Å²) in [6.07, 6.45) is 0.834. The Morgan fingerprint density at radius 3 is 2.33 bits per heavy atom. The van der Waals surface area contributed by atoms with Crippen LogP contribution in [-0.4, -0.2) is 17.4 Å². The van der Waals surface area contributed by atoms with Crippen LogP contribution in [0.3, 0.4) is 0 Å². The quantitative estimate of drug-likeness (QED) is 0.724. The third-order valence-electron chi connectivity index (χ3n) is 4.05. The Morgan fingerprint density at radius 2 is 1.75 bits per heavy atom. The first-order valence-electron chi connectivity index (χ1n) is 8.07. The summed E-state index contributed by atoms with van der Waals surface area (Å²) < 4.78 is 0.513. The van der Waals surface area contributed by atoms with E-state index in [9.17, 15) is 4.79 Å². The number of nitrogens with one attached hydrogen (secondary N) is 1. The SMILES string of the molecule is CCC(NC(=O)c1ccc(C2SCCS2)cc1)c1ccc(Cl)cc1. The molecule has 5 heteroatoms. The normalized spacial score (nSPS) is 16.1. The van der Waals surface area contributed by atoms with Crippen LogP contribution in [0.4, 0.5) is 0 Å². The summed E-state index contributed by atoms with van der Waals surface area (Å²) >= 11 is 9.89. The van der Waals surface area contributed by atoms with Crippen molar-refractivity contribution in [2.45, 2.75) is 24.0 Å². The van der Waals surface area contributed by atoms with Gasteiger partial charge in [0.2, 0.25) is 0 Å². The summed E-state index contributed by atoms with van der Waals surface area (Å²) in [7, 11) is 0. The van der Waals surface area contributed by atoms with E-state index in [0.717, 1.165) is 12.0 Å². The predicted molar refractivity (Wildman–Crippen MR) is 106 cm³/mol. The molecule has 1 amide bonds. The van der Waals surface area contributed by atoms with Gasteiger partial charge in [-0.05, 0) is 41.8 Å². The van der Waals surface area contributed by atoms with Crippen LogP contribution in [0.1, 0.15) is 45.5 Å². The number of hydrogen-bond acceptors (Lipinski definition) is 3. The van der Waals surface area contributed by atoms with Crippen LogP contribution in [0.2, 0.25) is 5.02 Å². The lowest BCUT2D eigenvalue weighted by Crippen LogP contribution is -2.28. The molecular weight excluding hydrogens is 358 g/mol. The van der Waals surface area contributed by atoms with E-state index in [4.69, 9.17) is 11.6 Å². The third kappa shape index (κ3) is 4.29. The van der Waals surface area contributed by atoms with E-state index in [1.165, 1.54) is 17.1 Å². The first kappa shape index (κ1) is 17.7. The molecule has 1 aliphatic heterocycles. The van der Waals surface area contributed by atoms with Gasteiger partial charge in [-0.25, -0.2) is 0 Å². The van der Waals surface area contributed by atoms with Crippen molar-refractivity contribution in [3.8, 4) is 0 Å². The lowest BCUT2D eigenvalue weighted by molar-refractivity contribution is 0.0935. The number of hydrogen-bond donors (Lipinski definition) is 1. The molecule has 1 aliphatic rings. The molecule has 0 aromatic heterocycles. The number of carbonyl (C=O) groups excluding carboxylic acids is 1. The molecule has 126 valence electrons. The van der Waals surface area contributed by atoms with Gasteiger partial charge in [0.05, 0.1) is 10.6 Å². The molecule has 0 spiro atoms. The lowest BCUT2D eigenvalue weighted by Gasteiger charge is -2.18. The molecule has 24 heavy (non-hydrogen) atoms. The van der Waals surface area contributed by atoms with Crippen LogP contribution in [0.5, 0.6) is 0 Å². The van der Waals surface area contributed by atoms with Crippen LogP contribution in [0, 0.1) is 0 Å². The number of carbonyl (C=O) groups is 1. The van der Waals surface area contributed by atoms with E-state index < -0.39 is 0 Å². The molecule has 1 heterocycles. The Balaban J connectivity index is 1.67. The highest BCUT2D eigenvalue weighted by atomic mass is 35.5. The minimum Gasteiger partial charge on any atom is -0.345 e. The summed E-state index contributed by atoms with van der Waals surface area (Å²) in [5.74, 6) is 2.38. The van der Waals surface area contributed by atoms with E-state index >= 15 is 0 Å². The Labute approximate surface area is 156 Å². The average molecular weight is 378 g/mol. The first-order valence-corrected chi connectivity index (χ1v) is 10.5. The summed E-state index contributed by atoms with van der Waals surface area (Å²) in [4.78, 5) is 12.5. The van der Waals surface area contributed by atoms with Crippen LogP contribution in [0.15, 0.2) is 48.5 Å². The predicted octanol–water partition coefficient (Wildman–Crippen LogP) is 5.70.